The molecule has 0 saturated carbocycles. The van der Waals surface area contributed by atoms with Crippen molar-refractivity contribution in [2.75, 3.05) is 5.43 Å². The van der Waals surface area contributed by atoms with E-state index in [0.29, 0.717) is 17.8 Å². The van der Waals surface area contributed by atoms with Gasteiger partial charge in [-0.1, -0.05) is 11.6 Å². The Balaban J connectivity index is 2.09. The lowest BCUT2D eigenvalue weighted by Gasteiger charge is -2.12. The summed E-state index contributed by atoms with van der Waals surface area (Å²) in [4.78, 5) is 28.2. The van der Waals surface area contributed by atoms with Gasteiger partial charge in [-0.2, -0.15) is 18.3 Å². The highest BCUT2D eigenvalue weighted by Gasteiger charge is 2.32. The Morgan fingerprint density at radius 1 is 1.09 bits per heavy atom. The van der Waals surface area contributed by atoms with Gasteiger partial charge in [-0.15, -0.1) is 0 Å². The van der Waals surface area contributed by atoms with Gasteiger partial charge in [-0.3, -0.25) is 35.6 Å². The molecule has 3 aromatic rings. The van der Waals surface area contributed by atoms with Gasteiger partial charge in [0.05, 0.1) is 26.5 Å². The van der Waals surface area contributed by atoms with Gasteiger partial charge in [0.25, 0.3) is 5.69 Å². The van der Waals surface area contributed by atoms with Gasteiger partial charge >= 0.3 is 11.9 Å². The Hall–Kier alpha value is -4.13. The predicted octanol–water partition coefficient (Wildman–Crippen LogP) is 4.83. The lowest BCUT2D eigenvalue weighted by Crippen LogP contribution is -2.13. The number of nitrogens with zero attached hydrogens (tertiary/aromatic N) is 5. The number of non-ortho nitro benzene ring substituents is 1. The second kappa shape index (κ2) is 8.93. The molecule has 2 aromatic heterocycles. The van der Waals surface area contributed by atoms with Gasteiger partial charge in [0, 0.05) is 30.2 Å². The van der Waals surface area contributed by atoms with Gasteiger partial charge in [0.15, 0.2) is 0 Å². The van der Waals surface area contributed by atoms with Gasteiger partial charge in [-0.05, 0) is 24.3 Å². The number of benzene rings is 1. The summed E-state index contributed by atoms with van der Waals surface area (Å²) in [5.41, 5.74) is 0.0576. The van der Waals surface area contributed by atoms with E-state index in [2.05, 4.69) is 20.5 Å². The molecular weight excluding hydrogens is 457 g/mol. The summed E-state index contributed by atoms with van der Waals surface area (Å²) in [6.07, 6.45) is -1.32. The van der Waals surface area contributed by atoms with E-state index in [1.165, 1.54) is 24.5 Å². The second-order valence-corrected chi connectivity index (χ2v) is 6.49. The Labute approximate surface area is 181 Å². The van der Waals surface area contributed by atoms with Crippen molar-refractivity contribution in [1.29, 1.82) is 0 Å². The van der Waals surface area contributed by atoms with Gasteiger partial charge < -0.3 is 0 Å². The molecule has 0 atom stereocenters. The highest BCUT2D eigenvalue weighted by molar-refractivity contribution is 6.35. The molecule has 32 heavy (non-hydrogen) atoms. The van der Waals surface area contributed by atoms with E-state index in [0.717, 1.165) is 18.2 Å². The number of nitro groups is 2. The third kappa shape index (κ3) is 4.95. The van der Waals surface area contributed by atoms with E-state index >= 15 is 0 Å². The van der Waals surface area contributed by atoms with Crippen LogP contribution in [0.5, 0.6) is 0 Å². The number of hydrogen-bond acceptors (Lipinski definition) is 8. The molecule has 164 valence electrons. The zero-order valence-corrected chi connectivity index (χ0v) is 16.3. The van der Waals surface area contributed by atoms with Crippen LogP contribution in [0, 0.1) is 20.2 Å². The molecule has 1 aromatic carbocycles. The van der Waals surface area contributed by atoms with E-state index < -0.39 is 33.0 Å². The molecule has 0 fully saturated rings. The SMILES string of the molecule is O=[N+]([O-])c1ccc(NN=C(c2cccnc2)c2ncc(C(F)(F)F)cc2Cl)c([N+](=O)[O-])c1. The first-order valence-corrected chi connectivity index (χ1v) is 8.85. The molecular formula is C18H10ClF3N6O4. The van der Waals surface area contributed by atoms with Crippen molar-refractivity contribution in [3.05, 3.63) is 97.1 Å². The third-order valence-electron chi connectivity index (χ3n) is 4.00. The molecule has 0 unspecified atom stereocenters. The summed E-state index contributed by atoms with van der Waals surface area (Å²) >= 11 is 6.02. The van der Waals surface area contributed by atoms with Crippen molar-refractivity contribution in [2.45, 2.75) is 6.18 Å². The van der Waals surface area contributed by atoms with E-state index in [-0.39, 0.29) is 22.1 Å². The fourth-order valence-electron chi connectivity index (χ4n) is 2.52. The molecule has 0 spiro atoms. The topological polar surface area (TPSA) is 136 Å². The Bertz CT molecular complexity index is 1220. The number of hydrogen-bond donors (Lipinski definition) is 1. The first kappa shape index (κ1) is 22.6. The molecule has 0 amide bonds. The molecule has 1 N–H and O–H groups in total. The molecule has 0 aliphatic heterocycles. The average Bonchev–Trinajstić information content (AvgIpc) is 2.74. The van der Waals surface area contributed by atoms with Crippen LogP contribution in [0.4, 0.5) is 30.2 Å². The largest absolute Gasteiger partial charge is 0.417 e. The summed E-state index contributed by atoms with van der Waals surface area (Å²) in [5.74, 6) is 0. The van der Waals surface area contributed by atoms with Crippen molar-refractivity contribution in [2.24, 2.45) is 5.10 Å². The number of hydrazone groups is 1. The maximum absolute atomic E-state index is 12.9. The number of pyridine rings is 2. The van der Waals surface area contributed by atoms with Crippen LogP contribution in [0.3, 0.4) is 0 Å². The quantitative estimate of drug-likeness (QED) is 0.312. The van der Waals surface area contributed by atoms with Crippen LogP contribution in [0.25, 0.3) is 0 Å². The van der Waals surface area contributed by atoms with Gasteiger partial charge in [0.1, 0.15) is 17.1 Å². The number of nitrogens with one attached hydrogen (secondary N) is 1. The fourth-order valence-corrected chi connectivity index (χ4v) is 2.78. The highest BCUT2D eigenvalue weighted by Crippen LogP contribution is 2.32. The zero-order chi connectivity index (χ0) is 23.5. The Morgan fingerprint density at radius 3 is 2.41 bits per heavy atom. The van der Waals surface area contributed by atoms with Crippen molar-refractivity contribution < 1.29 is 23.0 Å². The number of alkyl halides is 3. The first-order valence-electron chi connectivity index (χ1n) is 8.48. The van der Waals surface area contributed by atoms with E-state index in [9.17, 15) is 33.4 Å². The van der Waals surface area contributed by atoms with Crippen LogP contribution in [-0.2, 0) is 6.18 Å². The van der Waals surface area contributed by atoms with Crippen LogP contribution in [-0.4, -0.2) is 25.5 Å². The van der Waals surface area contributed by atoms with Crippen molar-refractivity contribution in [3.8, 4) is 0 Å². The molecule has 0 saturated heterocycles. The summed E-state index contributed by atoms with van der Waals surface area (Å²) < 4.78 is 38.8. The average molecular weight is 467 g/mol. The van der Waals surface area contributed by atoms with Crippen molar-refractivity contribution in [3.63, 3.8) is 0 Å². The summed E-state index contributed by atoms with van der Waals surface area (Å²) in [5, 5.41) is 25.9. The molecule has 14 heteroatoms. The monoisotopic (exact) mass is 466 g/mol. The number of nitro benzene ring substituents is 2. The molecule has 0 aliphatic carbocycles. The third-order valence-corrected chi connectivity index (χ3v) is 4.29. The second-order valence-electron chi connectivity index (χ2n) is 6.08. The van der Waals surface area contributed by atoms with Crippen molar-refractivity contribution >= 4 is 34.4 Å². The van der Waals surface area contributed by atoms with Gasteiger partial charge in [0.2, 0.25) is 0 Å². The molecule has 0 bridgehead atoms. The maximum Gasteiger partial charge on any atom is 0.417 e. The normalized spacial score (nSPS) is 11.8. The fraction of sp³-hybridized carbons (Fsp3) is 0.0556. The van der Waals surface area contributed by atoms with Crippen molar-refractivity contribution in [1.82, 2.24) is 9.97 Å². The minimum atomic E-state index is -4.67. The number of aromatic nitrogens is 2. The van der Waals surface area contributed by atoms with Crippen LogP contribution < -0.4 is 5.43 Å². The standard InChI is InChI=1S/C18H10ClF3N6O4/c19-13-6-11(18(20,21)22)9-24-17(13)16(10-2-1-5-23-8-10)26-25-14-4-3-12(27(29)30)7-15(14)28(31)32/h1-9,25H. The predicted molar refractivity (Wildman–Crippen MR) is 107 cm³/mol. The minimum Gasteiger partial charge on any atom is -0.271 e. The van der Waals surface area contributed by atoms with E-state index in [4.69, 9.17) is 11.6 Å². The van der Waals surface area contributed by atoms with Gasteiger partial charge in [-0.25, -0.2) is 0 Å². The molecule has 10 nitrogen and oxygen atoms in total. The molecule has 0 radical (unpaired) electrons. The molecule has 2 heterocycles. The summed E-state index contributed by atoms with van der Waals surface area (Å²) in [6.45, 7) is 0. The lowest BCUT2D eigenvalue weighted by atomic mass is 10.1. The smallest absolute Gasteiger partial charge is 0.271 e. The minimum absolute atomic E-state index is 0.0653. The molecule has 3 rings (SSSR count). The van der Waals surface area contributed by atoms with E-state index in [1.54, 1.807) is 0 Å². The van der Waals surface area contributed by atoms with Crippen LogP contribution in [0.2, 0.25) is 5.02 Å². The lowest BCUT2D eigenvalue weighted by molar-refractivity contribution is -0.393. The Kier molecular flexibility index (Phi) is 6.30. The Morgan fingerprint density at radius 2 is 1.84 bits per heavy atom. The number of rotatable bonds is 6. The summed E-state index contributed by atoms with van der Waals surface area (Å²) in [7, 11) is 0. The first-order chi connectivity index (χ1) is 15.1. The highest BCUT2D eigenvalue weighted by atomic mass is 35.5. The summed E-state index contributed by atoms with van der Waals surface area (Å²) in [6, 6.07) is 6.56. The molecule has 0 aliphatic rings. The van der Waals surface area contributed by atoms with E-state index in [1.807, 2.05) is 0 Å². The zero-order valence-electron chi connectivity index (χ0n) is 15.6. The van der Waals surface area contributed by atoms with Crippen LogP contribution >= 0.6 is 11.6 Å². The maximum atomic E-state index is 12.9. The number of anilines is 1. The number of halogens is 4. The van der Waals surface area contributed by atoms with Crippen LogP contribution in [0.1, 0.15) is 16.8 Å². The van der Waals surface area contributed by atoms with Crippen LogP contribution in [0.15, 0.2) is 60.1 Å².